The molecule has 1 rings (SSSR count). The third-order valence-electron chi connectivity index (χ3n) is 2.72. The average molecular weight is 224 g/mol. The summed E-state index contributed by atoms with van der Waals surface area (Å²) in [5.74, 6) is 0.563. The van der Waals surface area contributed by atoms with Crippen molar-refractivity contribution in [2.75, 3.05) is 0 Å². The highest BCUT2D eigenvalue weighted by atomic mass is 16.1. The molecule has 0 aliphatic heterocycles. The Balaban J connectivity index is 3.07. The molecule has 3 heteroatoms. The molecule has 16 heavy (non-hydrogen) atoms. The van der Waals surface area contributed by atoms with Gasteiger partial charge in [0.25, 0.3) is 5.56 Å². The molecule has 0 aromatic carbocycles. The molecule has 92 valence electrons. The predicted molar refractivity (Wildman–Crippen MR) is 67.9 cm³/mol. The second kappa shape index (κ2) is 5.92. The summed E-state index contributed by atoms with van der Waals surface area (Å²) in [6, 6.07) is 0. The molecule has 1 aromatic rings. The molecule has 0 radical (unpaired) electrons. The summed E-state index contributed by atoms with van der Waals surface area (Å²) < 4.78 is 2.06. The van der Waals surface area contributed by atoms with Crippen molar-refractivity contribution in [1.82, 2.24) is 9.78 Å². The van der Waals surface area contributed by atoms with E-state index in [0.29, 0.717) is 5.92 Å². The van der Waals surface area contributed by atoms with Gasteiger partial charge in [0.2, 0.25) is 0 Å². The first kappa shape index (κ1) is 13.1. The molecule has 0 atom stereocenters. The molecule has 0 saturated heterocycles. The molecule has 0 unspecified atom stereocenters. The van der Waals surface area contributed by atoms with Gasteiger partial charge in [0.15, 0.2) is 0 Å². The summed E-state index contributed by atoms with van der Waals surface area (Å²) in [6.07, 6.45) is 4.02. The molecule has 0 aliphatic carbocycles. The minimum absolute atomic E-state index is 0.117. The van der Waals surface area contributed by atoms with Gasteiger partial charge in [-0.05, 0) is 18.8 Å². The van der Waals surface area contributed by atoms with E-state index in [0.717, 1.165) is 37.8 Å². The maximum Gasteiger partial charge on any atom is 0.267 e. The number of hydrogen-bond donors (Lipinski definition) is 1. The summed E-state index contributed by atoms with van der Waals surface area (Å²) >= 11 is 0. The molecule has 0 amide bonds. The Morgan fingerprint density at radius 3 is 2.31 bits per heavy atom. The zero-order valence-electron chi connectivity index (χ0n) is 11.0. The van der Waals surface area contributed by atoms with Crippen LogP contribution >= 0.6 is 0 Å². The van der Waals surface area contributed by atoms with E-state index in [1.807, 2.05) is 0 Å². The molecule has 1 aromatic heterocycles. The van der Waals surface area contributed by atoms with E-state index in [1.165, 1.54) is 5.69 Å². The summed E-state index contributed by atoms with van der Waals surface area (Å²) in [5, 5.41) is 2.98. The zero-order chi connectivity index (χ0) is 12.1. The van der Waals surface area contributed by atoms with E-state index < -0.39 is 0 Å². The van der Waals surface area contributed by atoms with Crippen LogP contribution in [0.3, 0.4) is 0 Å². The van der Waals surface area contributed by atoms with Crippen molar-refractivity contribution in [3.8, 4) is 0 Å². The molecule has 0 aliphatic rings. The minimum Gasteiger partial charge on any atom is -0.289 e. The van der Waals surface area contributed by atoms with Crippen molar-refractivity contribution in [1.29, 1.82) is 0 Å². The fraction of sp³-hybridized carbons (Fsp3) is 0.769. The van der Waals surface area contributed by atoms with Gasteiger partial charge in [0.1, 0.15) is 0 Å². The van der Waals surface area contributed by atoms with Crippen molar-refractivity contribution < 1.29 is 0 Å². The molecule has 1 heterocycles. The van der Waals surface area contributed by atoms with Gasteiger partial charge in [0.05, 0.1) is 0 Å². The Kier molecular flexibility index (Phi) is 4.84. The van der Waals surface area contributed by atoms with Crippen LogP contribution in [0.4, 0.5) is 0 Å². The number of rotatable bonds is 6. The first-order chi connectivity index (χ1) is 7.60. The minimum atomic E-state index is 0.117. The number of nitrogens with one attached hydrogen (secondary N) is 1. The second-order valence-electron chi connectivity index (χ2n) is 4.87. The third kappa shape index (κ3) is 3.00. The van der Waals surface area contributed by atoms with Gasteiger partial charge in [0, 0.05) is 17.8 Å². The Labute approximate surface area is 97.8 Å². The number of aromatic nitrogens is 2. The SMILES string of the molecule is CCCc1c(CCC)n(CC(C)C)[nH]c1=O. The van der Waals surface area contributed by atoms with Crippen LogP contribution in [0.25, 0.3) is 0 Å². The van der Waals surface area contributed by atoms with Crippen LogP contribution < -0.4 is 5.56 Å². The van der Waals surface area contributed by atoms with Crippen molar-refractivity contribution in [2.45, 2.75) is 59.9 Å². The van der Waals surface area contributed by atoms with Gasteiger partial charge in [-0.25, -0.2) is 0 Å². The van der Waals surface area contributed by atoms with Crippen LogP contribution in [0, 0.1) is 5.92 Å². The molecular formula is C13H24N2O. The van der Waals surface area contributed by atoms with E-state index in [4.69, 9.17) is 0 Å². The van der Waals surface area contributed by atoms with Gasteiger partial charge in [-0.15, -0.1) is 0 Å². The van der Waals surface area contributed by atoms with Crippen molar-refractivity contribution in [3.05, 3.63) is 21.6 Å². The molecule has 0 bridgehead atoms. The first-order valence-corrected chi connectivity index (χ1v) is 6.40. The molecular weight excluding hydrogens is 200 g/mol. The fourth-order valence-corrected chi connectivity index (χ4v) is 2.10. The van der Waals surface area contributed by atoms with Crippen LogP contribution in [0.5, 0.6) is 0 Å². The maximum atomic E-state index is 11.8. The van der Waals surface area contributed by atoms with Crippen LogP contribution in [0.2, 0.25) is 0 Å². The Morgan fingerprint density at radius 2 is 1.81 bits per heavy atom. The predicted octanol–water partition coefficient (Wildman–Crippen LogP) is 2.74. The smallest absolute Gasteiger partial charge is 0.267 e. The summed E-state index contributed by atoms with van der Waals surface area (Å²) in [6.45, 7) is 9.54. The van der Waals surface area contributed by atoms with E-state index in [-0.39, 0.29) is 5.56 Å². The van der Waals surface area contributed by atoms with Crippen LogP contribution in [0.15, 0.2) is 4.79 Å². The quantitative estimate of drug-likeness (QED) is 0.792. The lowest BCUT2D eigenvalue weighted by molar-refractivity contribution is 0.465. The molecule has 0 fully saturated rings. The Bertz CT molecular complexity index is 374. The highest BCUT2D eigenvalue weighted by Crippen LogP contribution is 2.11. The molecule has 1 N–H and O–H groups in total. The Hall–Kier alpha value is -0.990. The average Bonchev–Trinajstić information content (AvgIpc) is 2.46. The number of hydrogen-bond acceptors (Lipinski definition) is 1. The van der Waals surface area contributed by atoms with Crippen molar-refractivity contribution in [3.63, 3.8) is 0 Å². The lowest BCUT2D eigenvalue weighted by Gasteiger charge is -2.11. The van der Waals surface area contributed by atoms with Crippen LogP contribution in [-0.2, 0) is 19.4 Å². The lowest BCUT2D eigenvalue weighted by atomic mass is 10.1. The van der Waals surface area contributed by atoms with Crippen molar-refractivity contribution >= 4 is 0 Å². The molecule has 0 saturated carbocycles. The van der Waals surface area contributed by atoms with Gasteiger partial charge < -0.3 is 0 Å². The highest BCUT2D eigenvalue weighted by molar-refractivity contribution is 5.18. The largest absolute Gasteiger partial charge is 0.289 e. The highest BCUT2D eigenvalue weighted by Gasteiger charge is 2.13. The molecule has 0 spiro atoms. The third-order valence-corrected chi connectivity index (χ3v) is 2.72. The van der Waals surface area contributed by atoms with Gasteiger partial charge in [-0.2, -0.15) is 0 Å². The van der Waals surface area contributed by atoms with Crippen LogP contribution in [-0.4, -0.2) is 9.78 Å². The standard InChI is InChI=1S/C13H24N2O/c1-5-7-11-12(8-6-2)15(9-10(3)4)14-13(11)16/h10H,5-9H2,1-4H3,(H,14,16). The lowest BCUT2D eigenvalue weighted by Crippen LogP contribution is -2.11. The first-order valence-electron chi connectivity index (χ1n) is 6.40. The van der Waals surface area contributed by atoms with E-state index in [2.05, 4.69) is 37.5 Å². The topological polar surface area (TPSA) is 37.8 Å². The number of H-pyrrole nitrogens is 1. The number of nitrogens with zero attached hydrogens (tertiary/aromatic N) is 1. The normalized spacial score (nSPS) is 11.3. The van der Waals surface area contributed by atoms with E-state index in [9.17, 15) is 4.79 Å². The summed E-state index contributed by atoms with van der Waals surface area (Å²) in [5.41, 5.74) is 2.35. The van der Waals surface area contributed by atoms with Gasteiger partial charge in [-0.1, -0.05) is 40.5 Å². The molecule has 3 nitrogen and oxygen atoms in total. The van der Waals surface area contributed by atoms with Gasteiger partial charge >= 0.3 is 0 Å². The van der Waals surface area contributed by atoms with E-state index in [1.54, 1.807) is 0 Å². The fourth-order valence-electron chi connectivity index (χ4n) is 2.10. The maximum absolute atomic E-state index is 11.8. The van der Waals surface area contributed by atoms with E-state index >= 15 is 0 Å². The monoisotopic (exact) mass is 224 g/mol. The Morgan fingerprint density at radius 1 is 1.19 bits per heavy atom. The van der Waals surface area contributed by atoms with Crippen molar-refractivity contribution in [2.24, 2.45) is 5.92 Å². The van der Waals surface area contributed by atoms with Crippen LogP contribution in [0.1, 0.15) is 51.8 Å². The summed E-state index contributed by atoms with van der Waals surface area (Å²) in [4.78, 5) is 11.8. The van der Waals surface area contributed by atoms with Gasteiger partial charge in [-0.3, -0.25) is 14.6 Å². The summed E-state index contributed by atoms with van der Waals surface area (Å²) in [7, 11) is 0. The number of aromatic amines is 1. The second-order valence-corrected chi connectivity index (χ2v) is 4.87. The zero-order valence-corrected chi connectivity index (χ0v) is 11.0.